The number of carbonyl (C=O) groups excluding carboxylic acids is 1. The van der Waals surface area contributed by atoms with Crippen LogP contribution in [0.4, 0.5) is 5.69 Å². The first-order valence-electron chi connectivity index (χ1n) is 9.69. The number of nitrogens with one attached hydrogen (secondary N) is 2. The third kappa shape index (κ3) is 6.88. The third-order valence-electron chi connectivity index (χ3n) is 4.35. The Kier molecular flexibility index (Phi) is 7.52. The van der Waals surface area contributed by atoms with Gasteiger partial charge in [-0.1, -0.05) is 48.5 Å². The molecule has 2 N–H and O–H groups in total. The summed E-state index contributed by atoms with van der Waals surface area (Å²) >= 11 is 0. The fourth-order valence-corrected chi connectivity index (χ4v) is 2.80. The van der Waals surface area contributed by atoms with Gasteiger partial charge in [-0.25, -0.2) is 0 Å². The van der Waals surface area contributed by atoms with Gasteiger partial charge in [0.2, 0.25) is 5.91 Å². The van der Waals surface area contributed by atoms with Gasteiger partial charge in [0.25, 0.3) is 0 Å². The van der Waals surface area contributed by atoms with E-state index in [4.69, 9.17) is 9.47 Å². The molecule has 3 rings (SSSR count). The number of ether oxygens (including phenoxy) is 2. The Labute approximate surface area is 171 Å². The highest BCUT2D eigenvalue weighted by molar-refractivity contribution is 5.81. The lowest BCUT2D eigenvalue weighted by molar-refractivity contribution is -0.120. The lowest BCUT2D eigenvalue weighted by atomic mass is 10.1. The van der Waals surface area contributed by atoms with E-state index >= 15 is 0 Å². The van der Waals surface area contributed by atoms with Gasteiger partial charge in [0.15, 0.2) is 0 Å². The number of hydrogen-bond donors (Lipinski definition) is 2. The zero-order valence-corrected chi connectivity index (χ0v) is 16.5. The van der Waals surface area contributed by atoms with Crippen molar-refractivity contribution in [3.8, 4) is 11.5 Å². The van der Waals surface area contributed by atoms with Gasteiger partial charge in [-0.15, -0.1) is 0 Å². The van der Waals surface area contributed by atoms with E-state index in [1.54, 1.807) is 0 Å². The van der Waals surface area contributed by atoms with Gasteiger partial charge < -0.3 is 20.1 Å². The van der Waals surface area contributed by atoms with Gasteiger partial charge in [-0.05, 0) is 48.9 Å². The second-order valence-corrected chi connectivity index (χ2v) is 6.59. The predicted molar refractivity (Wildman–Crippen MR) is 115 cm³/mol. The smallest absolute Gasteiger partial charge is 0.239 e. The van der Waals surface area contributed by atoms with Crippen molar-refractivity contribution in [1.82, 2.24) is 5.32 Å². The molecule has 1 unspecified atom stereocenters. The molecule has 150 valence electrons. The molecule has 3 aromatic rings. The Bertz CT molecular complexity index is 868. The van der Waals surface area contributed by atoms with E-state index in [0.29, 0.717) is 13.2 Å². The molecule has 0 heterocycles. The van der Waals surface area contributed by atoms with Crippen molar-refractivity contribution in [2.75, 3.05) is 25.1 Å². The molecule has 0 radical (unpaired) electrons. The van der Waals surface area contributed by atoms with Crippen molar-refractivity contribution >= 4 is 11.6 Å². The molecule has 0 spiro atoms. The maximum Gasteiger partial charge on any atom is 0.239 e. The van der Waals surface area contributed by atoms with Crippen molar-refractivity contribution in [1.29, 1.82) is 0 Å². The summed E-state index contributed by atoms with van der Waals surface area (Å²) in [6, 6.07) is 27.0. The normalized spacial score (nSPS) is 11.3. The number of benzene rings is 3. The minimum Gasteiger partial charge on any atom is -0.490 e. The summed E-state index contributed by atoms with van der Waals surface area (Å²) in [6.45, 7) is 3.12. The first-order valence-corrected chi connectivity index (χ1v) is 9.69. The second-order valence-electron chi connectivity index (χ2n) is 6.59. The zero-order chi connectivity index (χ0) is 20.3. The van der Waals surface area contributed by atoms with Crippen molar-refractivity contribution in [2.24, 2.45) is 0 Å². The van der Waals surface area contributed by atoms with Crippen LogP contribution in [0.1, 0.15) is 18.5 Å². The molecule has 5 nitrogen and oxygen atoms in total. The Balaban J connectivity index is 1.36. The van der Waals surface area contributed by atoms with E-state index < -0.39 is 0 Å². The van der Waals surface area contributed by atoms with Crippen LogP contribution in [0.2, 0.25) is 0 Å². The van der Waals surface area contributed by atoms with Crippen LogP contribution >= 0.6 is 0 Å². The van der Waals surface area contributed by atoms with Crippen LogP contribution in [0, 0.1) is 0 Å². The first kappa shape index (κ1) is 20.3. The minimum absolute atomic E-state index is 0.0284. The van der Waals surface area contributed by atoms with Crippen molar-refractivity contribution in [3.63, 3.8) is 0 Å². The van der Waals surface area contributed by atoms with Crippen molar-refractivity contribution < 1.29 is 14.3 Å². The van der Waals surface area contributed by atoms with Crippen LogP contribution in [0.25, 0.3) is 0 Å². The van der Waals surface area contributed by atoms with Crippen LogP contribution in [0.5, 0.6) is 11.5 Å². The van der Waals surface area contributed by atoms with Crippen LogP contribution in [-0.4, -0.2) is 25.7 Å². The summed E-state index contributed by atoms with van der Waals surface area (Å²) in [5.41, 5.74) is 1.94. The molecule has 0 aliphatic rings. The predicted octanol–water partition coefficient (Wildman–Crippen LogP) is 4.43. The van der Waals surface area contributed by atoms with E-state index in [-0.39, 0.29) is 18.5 Å². The van der Waals surface area contributed by atoms with E-state index in [1.807, 2.05) is 91.9 Å². The summed E-state index contributed by atoms with van der Waals surface area (Å²) < 4.78 is 11.3. The molecule has 1 amide bonds. The van der Waals surface area contributed by atoms with Gasteiger partial charge in [-0.2, -0.15) is 0 Å². The molecule has 0 saturated heterocycles. The molecule has 29 heavy (non-hydrogen) atoms. The summed E-state index contributed by atoms with van der Waals surface area (Å²) in [6.07, 6.45) is 0. The molecular weight excluding hydrogens is 364 g/mol. The van der Waals surface area contributed by atoms with Crippen molar-refractivity contribution in [2.45, 2.75) is 13.0 Å². The fraction of sp³-hybridized carbons (Fsp3) is 0.208. The van der Waals surface area contributed by atoms with E-state index in [9.17, 15) is 4.79 Å². The van der Waals surface area contributed by atoms with E-state index in [2.05, 4.69) is 10.6 Å². The number of para-hydroxylation sites is 1. The standard InChI is InChI=1S/C24H26N2O3/c1-19(20-8-4-2-5-9-20)26-24(27)18-25-21-12-14-23(15-13-21)29-17-16-28-22-10-6-3-7-11-22/h2-15,19,25H,16-18H2,1H3,(H,26,27). The lowest BCUT2D eigenvalue weighted by Crippen LogP contribution is -2.32. The maximum atomic E-state index is 12.1. The van der Waals surface area contributed by atoms with Crippen molar-refractivity contribution in [3.05, 3.63) is 90.5 Å². The van der Waals surface area contributed by atoms with Gasteiger partial charge in [0.1, 0.15) is 24.7 Å². The monoisotopic (exact) mass is 390 g/mol. The average Bonchev–Trinajstić information content (AvgIpc) is 2.77. The topological polar surface area (TPSA) is 59.6 Å². The second kappa shape index (κ2) is 10.8. The van der Waals surface area contributed by atoms with Gasteiger partial charge in [0, 0.05) is 5.69 Å². The number of carbonyl (C=O) groups is 1. The summed E-state index contributed by atoms with van der Waals surface area (Å²) in [5, 5.41) is 6.11. The molecule has 0 aromatic heterocycles. The SMILES string of the molecule is CC(NC(=O)CNc1ccc(OCCOc2ccccc2)cc1)c1ccccc1. The van der Waals surface area contributed by atoms with E-state index in [0.717, 1.165) is 22.7 Å². The molecule has 0 aliphatic heterocycles. The van der Waals surface area contributed by atoms with Gasteiger partial charge in [0.05, 0.1) is 12.6 Å². The molecule has 0 bridgehead atoms. The first-order chi connectivity index (χ1) is 14.2. The highest BCUT2D eigenvalue weighted by Gasteiger charge is 2.08. The van der Waals surface area contributed by atoms with Crippen LogP contribution in [-0.2, 0) is 4.79 Å². The number of rotatable bonds is 10. The molecule has 0 saturated carbocycles. The van der Waals surface area contributed by atoms with E-state index in [1.165, 1.54) is 0 Å². The molecule has 0 aliphatic carbocycles. The lowest BCUT2D eigenvalue weighted by Gasteiger charge is -2.15. The Hall–Kier alpha value is -3.47. The Morgan fingerprint density at radius 1 is 0.793 bits per heavy atom. The van der Waals surface area contributed by atoms with Crippen LogP contribution in [0.15, 0.2) is 84.9 Å². The summed E-state index contributed by atoms with van der Waals surface area (Å²) in [4.78, 5) is 12.1. The number of hydrogen-bond acceptors (Lipinski definition) is 4. The highest BCUT2D eigenvalue weighted by atomic mass is 16.5. The molecule has 3 aromatic carbocycles. The largest absolute Gasteiger partial charge is 0.490 e. The fourth-order valence-electron chi connectivity index (χ4n) is 2.80. The number of amides is 1. The number of anilines is 1. The quantitative estimate of drug-likeness (QED) is 0.503. The van der Waals surface area contributed by atoms with Crippen LogP contribution < -0.4 is 20.1 Å². The Morgan fingerprint density at radius 3 is 1.97 bits per heavy atom. The average molecular weight is 390 g/mol. The van der Waals surface area contributed by atoms with Gasteiger partial charge in [-0.3, -0.25) is 4.79 Å². The zero-order valence-electron chi connectivity index (χ0n) is 16.5. The summed E-state index contributed by atoms with van der Waals surface area (Å²) in [5.74, 6) is 1.53. The van der Waals surface area contributed by atoms with Crippen LogP contribution in [0.3, 0.4) is 0 Å². The third-order valence-corrected chi connectivity index (χ3v) is 4.35. The Morgan fingerprint density at radius 2 is 1.34 bits per heavy atom. The minimum atomic E-state index is -0.0558. The van der Waals surface area contributed by atoms with Gasteiger partial charge >= 0.3 is 0 Å². The summed E-state index contributed by atoms with van der Waals surface area (Å²) in [7, 11) is 0. The maximum absolute atomic E-state index is 12.1. The molecule has 5 heteroatoms. The molecular formula is C24H26N2O3. The highest BCUT2D eigenvalue weighted by Crippen LogP contribution is 2.16. The molecule has 1 atom stereocenters. The molecule has 0 fully saturated rings.